The van der Waals surface area contributed by atoms with Gasteiger partial charge in [-0.15, -0.1) is 11.3 Å². The number of H-pyrrole nitrogens is 1. The van der Waals surface area contributed by atoms with E-state index in [0.29, 0.717) is 28.1 Å². The highest BCUT2D eigenvalue weighted by Crippen LogP contribution is 2.24. The summed E-state index contributed by atoms with van der Waals surface area (Å²) >= 11 is 1.49. The minimum atomic E-state index is -0.545. The van der Waals surface area contributed by atoms with E-state index in [1.54, 1.807) is 11.0 Å². The first kappa shape index (κ1) is 26.7. The molecule has 2 aromatic heterocycles. The maximum absolute atomic E-state index is 12.7. The van der Waals surface area contributed by atoms with Gasteiger partial charge >= 0.3 is 0 Å². The number of benzene rings is 1. The summed E-state index contributed by atoms with van der Waals surface area (Å²) in [6, 6.07) is 5.75. The topological polar surface area (TPSA) is 134 Å². The van der Waals surface area contributed by atoms with E-state index in [-0.39, 0.29) is 30.3 Å². The van der Waals surface area contributed by atoms with Gasteiger partial charge in [-0.25, -0.2) is 9.37 Å². The van der Waals surface area contributed by atoms with E-state index in [9.17, 15) is 18.8 Å². The first-order chi connectivity index (χ1) is 17.7. The van der Waals surface area contributed by atoms with E-state index in [1.807, 2.05) is 0 Å². The smallest absolute Gasteiger partial charge is 0.280 e. The minimum Gasteiger partial charge on any atom is -0.375 e. The minimum absolute atomic E-state index is 0.0179. The second-order valence-electron chi connectivity index (χ2n) is 9.24. The van der Waals surface area contributed by atoms with E-state index in [4.69, 9.17) is 10.5 Å². The summed E-state index contributed by atoms with van der Waals surface area (Å²) in [4.78, 5) is 47.7. The van der Waals surface area contributed by atoms with Gasteiger partial charge in [0, 0.05) is 61.5 Å². The van der Waals surface area contributed by atoms with E-state index < -0.39 is 5.91 Å². The number of hydrogen-bond donors (Lipinski definition) is 3. The van der Waals surface area contributed by atoms with E-state index >= 15 is 0 Å². The van der Waals surface area contributed by atoms with E-state index in [1.165, 1.54) is 41.5 Å². The lowest BCUT2D eigenvalue weighted by atomic mass is 10.1. The first-order valence-corrected chi connectivity index (χ1v) is 12.9. The number of halogens is 1. The second kappa shape index (κ2) is 11.8. The van der Waals surface area contributed by atoms with Gasteiger partial charge in [0.1, 0.15) is 18.1 Å². The zero-order valence-corrected chi connectivity index (χ0v) is 21.7. The normalized spacial score (nSPS) is 17.6. The molecule has 3 amide bonds. The van der Waals surface area contributed by atoms with Gasteiger partial charge in [-0.05, 0) is 44.2 Å². The van der Waals surface area contributed by atoms with Crippen LogP contribution in [-0.4, -0.2) is 83.9 Å². The molecule has 1 saturated heterocycles. The molecule has 1 aromatic carbocycles. The van der Waals surface area contributed by atoms with Crippen LogP contribution in [-0.2, 0) is 22.5 Å². The molecule has 1 fully saturated rings. The zero-order valence-electron chi connectivity index (χ0n) is 20.9. The Morgan fingerprint density at radius 3 is 2.86 bits per heavy atom. The molecule has 3 aromatic rings. The molecule has 0 saturated carbocycles. The largest absolute Gasteiger partial charge is 0.375 e. The predicted molar refractivity (Wildman–Crippen MR) is 138 cm³/mol. The van der Waals surface area contributed by atoms with Crippen LogP contribution >= 0.6 is 11.3 Å². The number of carbonyl (C=O) groups excluding carboxylic acids is 3. The molecule has 2 aliphatic rings. The first-order valence-electron chi connectivity index (χ1n) is 12.1. The summed E-state index contributed by atoms with van der Waals surface area (Å²) < 4.78 is 17.6. The number of aromatic nitrogens is 2. The summed E-state index contributed by atoms with van der Waals surface area (Å²) in [5.74, 6) is -1.02. The van der Waals surface area contributed by atoms with Crippen LogP contribution < -0.4 is 11.1 Å². The summed E-state index contributed by atoms with van der Waals surface area (Å²) in [5, 5.41) is 4.23. The third-order valence-electron chi connectivity index (χ3n) is 6.34. The Hall–Kier alpha value is -3.35. The number of likely N-dealkylation sites (tertiary alicyclic amines) is 1. The van der Waals surface area contributed by atoms with Crippen molar-refractivity contribution < 1.29 is 23.5 Å². The van der Waals surface area contributed by atoms with Crippen LogP contribution in [0.25, 0.3) is 10.9 Å². The number of hydrogen-bond acceptors (Lipinski definition) is 7. The molecule has 0 unspecified atom stereocenters. The molecule has 37 heavy (non-hydrogen) atoms. The molecule has 198 valence electrons. The summed E-state index contributed by atoms with van der Waals surface area (Å²) in [7, 11) is 3.60. The number of aromatic amines is 1. The summed E-state index contributed by atoms with van der Waals surface area (Å²) in [6.07, 6.45) is 2.67. The van der Waals surface area contributed by atoms with E-state index in [0.717, 1.165) is 44.6 Å². The molecule has 0 spiro atoms. The van der Waals surface area contributed by atoms with Crippen molar-refractivity contribution >= 4 is 40.0 Å². The van der Waals surface area contributed by atoms with Gasteiger partial charge in [0.25, 0.3) is 11.8 Å². The fourth-order valence-corrected chi connectivity index (χ4v) is 5.53. The summed E-state index contributed by atoms with van der Waals surface area (Å²) in [5.41, 5.74) is 7.11. The number of nitrogens with zero attached hydrogens (tertiary/aromatic N) is 3. The van der Waals surface area contributed by atoms with Crippen LogP contribution in [0.4, 0.5) is 4.39 Å². The lowest BCUT2D eigenvalue weighted by Crippen LogP contribution is -2.50. The van der Waals surface area contributed by atoms with Gasteiger partial charge in [-0.3, -0.25) is 14.4 Å². The maximum Gasteiger partial charge on any atom is 0.280 e. The fraction of sp³-hybridized carbons (Fsp3) is 0.440. The number of thiazole rings is 1. The van der Waals surface area contributed by atoms with Gasteiger partial charge in [0.2, 0.25) is 5.91 Å². The number of primary amides is 1. The molecule has 0 bridgehead atoms. The van der Waals surface area contributed by atoms with Crippen LogP contribution in [0.2, 0.25) is 0 Å². The highest BCUT2D eigenvalue weighted by Gasteiger charge is 2.27. The Balaban J connectivity index is 0.000000207. The molecule has 4 N–H and O–H groups in total. The molecule has 0 radical (unpaired) electrons. The molecule has 1 atom stereocenters. The van der Waals surface area contributed by atoms with Gasteiger partial charge in [0.15, 0.2) is 5.01 Å². The molecule has 5 rings (SSSR count). The number of ether oxygens (including phenoxy) is 1. The highest BCUT2D eigenvalue weighted by molar-refractivity contribution is 7.13. The monoisotopic (exact) mass is 530 g/mol. The van der Waals surface area contributed by atoms with Crippen LogP contribution in [0.1, 0.15) is 43.7 Å². The predicted octanol–water partition coefficient (Wildman–Crippen LogP) is 1.90. The van der Waals surface area contributed by atoms with Crippen molar-refractivity contribution in [2.45, 2.75) is 31.8 Å². The van der Waals surface area contributed by atoms with Gasteiger partial charge < -0.3 is 30.6 Å². The number of nitrogens with one attached hydrogen (secondary N) is 2. The average Bonchev–Trinajstić information content (AvgIpc) is 3.48. The third-order valence-corrected chi connectivity index (χ3v) is 7.42. The van der Waals surface area contributed by atoms with Gasteiger partial charge in [0.05, 0.1) is 5.69 Å². The Labute approximate surface area is 218 Å². The Morgan fingerprint density at radius 2 is 2.11 bits per heavy atom. The number of methoxy groups -OCH3 is 1. The molecule has 10 nitrogen and oxygen atoms in total. The van der Waals surface area contributed by atoms with Crippen LogP contribution in [0.15, 0.2) is 24.3 Å². The average molecular weight is 531 g/mol. The van der Waals surface area contributed by atoms with Crippen molar-refractivity contribution in [3.05, 3.63) is 51.4 Å². The Bertz CT molecular complexity index is 1290. The van der Waals surface area contributed by atoms with Crippen molar-refractivity contribution in [1.82, 2.24) is 25.1 Å². The SMILES string of the molecule is COCC(=O)N1CCC[C@H](NC(=O)c2nc3c(s2)CN(C)CC3)C1.NC(=O)c1cc2cc(F)ccc2[nH]1. The maximum atomic E-state index is 12.7. The number of amides is 3. The Kier molecular flexibility index (Phi) is 8.52. The standard InChI is InChI=1S/C16H24N4O3S.C9H7FN2O/c1-19-7-5-12-13(9-19)24-16(18-12)15(22)17-11-4-3-6-20(8-11)14(21)10-23-2;10-6-1-2-7-5(3-6)4-8(12-7)9(11)13/h11H,3-10H2,1-2H3,(H,17,22);1-4,12H,(H2,11,13)/t11-;/m0./s1. The quantitative estimate of drug-likeness (QED) is 0.462. The zero-order chi connectivity index (χ0) is 26.5. The van der Waals surface area contributed by atoms with Crippen molar-refractivity contribution in [3.63, 3.8) is 0 Å². The van der Waals surface area contributed by atoms with Crippen LogP contribution in [0, 0.1) is 5.82 Å². The second-order valence-corrected chi connectivity index (χ2v) is 10.3. The Morgan fingerprint density at radius 1 is 1.30 bits per heavy atom. The van der Waals surface area contributed by atoms with Crippen molar-refractivity contribution in [1.29, 1.82) is 0 Å². The lowest BCUT2D eigenvalue weighted by Gasteiger charge is -2.32. The highest BCUT2D eigenvalue weighted by atomic mass is 32.1. The lowest BCUT2D eigenvalue weighted by molar-refractivity contribution is -0.136. The van der Waals surface area contributed by atoms with Crippen molar-refractivity contribution in [2.24, 2.45) is 5.73 Å². The third kappa shape index (κ3) is 6.70. The number of likely N-dealkylation sites (N-methyl/N-ethyl adjacent to an activating group) is 1. The van der Waals surface area contributed by atoms with Crippen molar-refractivity contribution in [2.75, 3.05) is 40.4 Å². The fourth-order valence-electron chi connectivity index (χ4n) is 4.44. The van der Waals surface area contributed by atoms with Crippen LogP contribution in [0.3, 0.4) is 0 Å². The van der Waals surface area contributed by atoms with Gasteiger partial charge in [-0.2, -0.15) is 0 Å². The molecule has 2 aliphatic heterocycles. The number of rotatable bonds is 5. The summed E-state index contributed by atoms with van der Waals surface area (Å²) in [6.45, 7) is 3.21. The number of piperidine rings is 1. The molecule has 4 heterocycles. The van der Waals surface area contributed by atoms with E-state index in [2.05, 4.69) is 27.2 Å². The number of carbonyl (C=O) groups is 3. The molecule has 12 heteroatoms. The van der Waals surface area contributed by atoms with Gasteiger partial charge in [-0.1, -0.05) is 0 Å². The molecular formula is C25H31FN6O4S. The molecular weight excluding hydrogens is 499 g/mol. The number of fused-ring (bicyclic) bond motifs is 2. The number of nitrogens with two attached hydrogens (primary N) is 1. The van der Waals surface area contributed by atoms with Crippen molar-refractivity contribution in [3.8, 4) is 0 Å². The molecule has 0 aliphatic carbocycles. The van der Waals surface area contributed by atoms with Crippen LogP contribution in [0.5, 0.6) is 0 Å².